The summed E-state index contributed by atoms with van der Waals surface area (Å²) < 4.78 is 8.02. The van der Waals surface area contributed by atoms with Crippen LogP contribution in [0.5, 0.6) is 5.75 Å². The number of aryl methyl sites for hydroxylation is 3. The molecule has 0 bridgehead atoms. The molecule has 0 unspecified atom stereocenters. The fraction of sp³-hybridized carbons (Fsp3) is 0.471. The minimum absolute atomic E-state index is 0.543. The van der Waals surface area contributed by atoms with E-state index < -0.39 is 0 Å². The van der Waals surface area contributed by atoms with Gasteiger partial charge in [0.25, 0.3) is 0 Å². The van der Waals surface area contributed by atoms with Gasteiger partial charge in [0, 0.05) is 6.54 Å². The van der Waals surface area contributed by atoms with Crippen LogP contribution in [-0.4, -0.2) is 16.3 Å². The van der Waals surface area contributed by atoms with E-state index in [-0.39, 0.29) is 0 Å². The van der Waals surface area contributed by atoms with Crippen molar-refractivity contribution >= 4 is 0 Å². The molecule has 0 aliphatic carbocycles. The summed E-state index contributed by atoms with van der Waals surface area (Å²) >= 11 is 0. The second-order valence-electron chi connectivity index (χ2n) is 5.23. The van der Waals surface area contributed by atoms with Gasteiger partial charge in [-0.2, -0.15) is 5.10 Å². The van der Waals surface area contributed by atoms with E-state index in [9.17, 15) is 0 Å². The summed E-state index contributed by atoms with van der Waals surface area (Å²) in [5.41, 5.74) is 10.3. The molecule has 1 heterocycles. The van der Waals surface area contributed by atoms with Crippen molar-refractivity contribution in [2.24, 2.45) is 5.73 Å². The maximum absolute atomic E-state index is 6.01. The summed E-state index contributed by atoms with van der Waals surface area (Å²) in [6.07, 6.45) is 1.78. The first-order valence-electron chi connectivity index (χ1n) is 7.65. The highest BCUT2D eigenvalue weighted by Crippen LogP contribution is 2.22. The number of nitrogens with zero attached hydrogens (tertiary/aromatic N) is 2. The molecule has 0 atom stereocenters. The quantitative estimate of drug-likeness (QED) is 0.852. The van der Waals surface area contributed by atoms with Crippen LogP contribution in [0.3, 0.4) is 0 Å². The highest BCUT2D eigenvalue weighted by atomic mass is 16.5. The van der Waals surface area contributed by atoms with Crippen LogP contribution in [0, 0.1) is 6.92 Å². The van der Waals surface area contributed by atoms with Crippen LogP contribution in [0.15, 0.2) is 24.3 Å². The number of hydrogen-bond acceptors (Lipinski definition) is 3. The van der Waals surface area contributed by atoms with Gasteiger partial charge in [0.1, 0.15) is 12.4 Å². The van der Waals surface area contributed by atoms with Gasteiger partial charge in [-0.3, -0.25) is 4.68 Å². The van der Waals surface area contributed by atoms with Crippen LogP contribution in [-0.2, 0) is 26.0 Å². The molecule has 0 aliphatic heterocycles. The number of rotatable bonds is 7. The van der Waals surface area contributed by atoms with E-state index in [0.717, 1.165) is 36.5 Å². The fourth-order valence-electron chi connectivity index (χ4n) is 2.43. The zero-order chi connectivity index (χ0) is 15.2. The lowest BCUT2D eigenvalue weighted by Gasteiger charge is -2.12. The van der Waals surface area contributed by atoms with Crippen LogP contribution in [0.1, 0.15) is 36.4 Å². The van der Waals surface area contributed by atoms with Crippen LogP contribution in [0.25, 0.3) is 0 Å². The van der Waals surface area contributed by atoms with Gasteiger partial charge in [0.2, 0.25) is 0 Å². The van der Waals surface area contributed by atoms with Gasteiger partial charge >= 0.3 is 0 Å². The van der Waals surface area contributed by atoms with E-state index in [2.05, 4.69) is 44.1 Å². The zero-order valence-electron chi connectivity index (χ0n) is 13.2. The minimum Gasteiger partial charge on any atom is -0.487 e. The van der Waals surface area contributed by atoms with E-state index in [1.165, 1.54) is 11.1 Å². The van der Waals surface area contributed by atoms with Gasteiger partial charge in [-0.05, 0) is 50.9 Å². The number of aromatic nitrogens is 2. The molecule has 0 fully saturated rings. The Labute approximate surface area is 126 Å². The molecule has 0 aliphatic rings. The van der Waals surface area contributed by atoms with E-state index in [0.29, 0.717) is 13.2 Å². The summed E-state index contributed by atoms with van der Waals surface area (Å²) in [7, 11) is 0. The van der Waals surface area contributed by atoms with Crippen molar-refractivity contribution in [1.82, 2.24) is 9.78 Å². The largest absolute Gasteiger partial charge is 0.487 e. The molecule has 2 aromatic rings. The number of ether oxygens (including phenoxy) is 1. The minimum atomic E-state index is 0.543. The first-order valence-corrected chi connectivity index (χ1v) is 7.65. The number of nitrogens with two attached hydrogens (primary N) is 1. The summed E-state index contributed by atoms with van der Waals surface area (Å²) in [6.45, 7) is 8.34. The molecule has 0 radical (unpaired) electrons. The van der Waals surface area contributed by atoms with Gasteiger partial charge in [-0.15, -0.1) is 0 Å². The Hall–Kier alpha value is -1.81. The van der Waals surface area contributed by atoms with E-state index in [1.807, 2.05) is 10.7 Å². The fourth-order valence-corrected chi connectivity index (χ4v) is 2.43. The summed E-state index contributed by atoms with van der Waals surface area (Å²) in [5, 5.41) is 4.55. The summed E-state index contributed by atoms with van der Waals surface area (Å²) in [4.78, 5) is 0. The molecular weight excluding hydrogens is 262 g/mol. The molecule has 0 amide bonds. The Morgan fingerprint density at radius 3 is 2.71 bits per heavy atom. The Kier molecular flexibility index (Phi) is 5.39. The highest BCUT2D eigenvalue weighted by Gasteiger charge is 2.08. The van der Waals surface area contributed by atoms with Crippen molar-refractivity contribution < 1.29 is 4.74 Å². The topological polar surface area (TPSA) is 53.1 Å². The average molecular weight is 287 g/mol. The van der Waals surface area contributed by atoms with Crippen molar-refractivity contribution in [2.75, 3.05) is 6.54 Å². The predicted octanol–water partition coefficient (Wildman–Crippen LogP) is 2.85. The molecule has 114 valence electrons. The Balaban J connectivity index is 2.14. The number of hydrogen-bond donors (Lipinski definition) is 1. The molecule has 0 spiro atoms. The normalized spacial score (nSPS) is 10.9. The van der Waals surface area contributed by atoms with Gasteiger partial charge < -0.3 is 10.5 Å². The first-order chi connectivity index (χ1) is 10.2. The SMILES string of the molecule is CCc1cc(COc2ccc(C)cc2CCN)n(CC)n1. The predicted molar refractivity (Wildman–Crippen MR) is 85.5 cm³/mol. The van der Waals surface area contributed by atoms with E-state index >= 15 is 0 Å². The summed E-state index contributed by atoms with van der Waals surface area (Å²) in [5.74, 6) is 0.924. The molecule has 2 N–H and O–H groups in total. The van der Waals surface area contributed by atoms with Crippen LogP contribution < -0.4 is 10.5 Å². The van der Waals surface area contributed by atoms with Gasteiger partial charge in [-0.1, -0.05) is 24.6 Å². The highest BCUT2D eigenvalue weighted by molar-refractivity contribution is 5.37. The second-order valence-corrected chi connectivity index (χ2v) is 5.23. The third-order valence-electron chi connectivity index (χ3n) is 3.58. The van der Waals surface area contributed by atoms with Crippen molar-refractivity contribution in [3.63, 3.8) is 0 Å². The molecule has 21 heavy (non-hydrogen) atoms. The molecule has 4 nitrogen and oxygen atoms in total. The van der Waals surface area contributed by atoms with Crippen molar-refractivity contribution in [3.05, 3.63) is 46.8 Å². The summed E-state index contributed by atoms with van der Waals surface area (Å²) in [6, 6.07) is 8.38. The Bertz CT molecular complexity index is 590. The Morgan fingerprint density at radius 1 is 1.24 bits per heavy atom. The van der Waals surface area contributed by atoms with Gasteiger partial charge in [0.15, 0.2) is 0 Å². The van der Waals surface area contributed by atoms with Crippen LogP contribution in [0.2, 0.25) is 0 Å². The Morgan fingerprint density at radius 2 is 2.05 bits per heavy atom. The van der Waals surface area contributed by atoms with Crippen LogP contribution in [0.4, 0.5) is 0 Å². The molecule has 0 saturated carbocycles. The third-order valence-corrected chi connectivity index (χ3v) is 3.58. The lowest BCUT2D eigenvalue weighted by molar-refractivity contribution is 0.289. The van der Waals surface area contributed by atoms with Crippen molar-refractivity contribution in [2.45, 2.75) is 46.8 Å². The lowest BCUT2D eigenvalue weighted by atomic mass is 10.1. The zero-order valence-corrected chi connectivity index (χ0v) is 13.2. The maximum Gasteiger partial charge on any atom is 0.130 e. The molecule has 4 heteroatoms. The molecule has 1 aromatic heterocycles. The third kappa shape index (κ3) is 3.85. The average Bonchev–Trinajstić information content (AvgIpc) is 2.89. The first kappa shape index (κ1) is 15.6. The second kappa shape index (κ2) is 7.27. The molecular formula is C17H25N3O. The molecule has 0 saturated heterocycles. The lowest BCUT2D eigenvalue weighted by Crippen LogP contribution is -2.08. The van der Waals surface area contributed by atoms with Crippen molar-refractivity contribution in [1.29, 1.82) is 0 Å². The van der Waals surface area contributed by atoms with E-state index in [4.69, 9.17) is 10.5 Å². The monoisotopic (exact) mass is 287 g/mol. The smallest absolute Gasteiger partial charge is 0.130 e. The molecule has 1 aromatic carbocycles. The molecule has 2 rings (SSSR count). The number of benzene rings is 1. The van der Waals surface area contributed by atoms with Gasteiger partial charge in [-0.25, -0.2) is 0 Å². The maximum atomic E-state index is 6.01. The van der Waals surface area contributed by atoms with Crippen LogP contribution >= 0.6 is 0 Å². The van der Waals surface area contributed by atoms with Crippen molar-refractivity contribution in [3.8, 4) is 5.75 Å². The standard InChI is InChI=1S/C17H25N3O/c1-4-15-11-16(20(5-2)19-15)12-21-17-7-6-13(3)10-14(17)8-9-18/h6-7,10-11H,4-5,8-9,12,18H2,1-3H3. The van der Waals surface area contributed by atoms with E-state index in [1.54, 1.807) is 0 Å². The van der Waals surface area contributed by atoms with Gasteiger partial charge in [0.05, 0.1) is 11.4 Å².